The molecule has 1 aromatic carbocycles. The SMILES string of the molecule is O=C(NCCC(=O)N1CCNC(=O)C12CCCC2)c1ccccc1F. The van der Waals surface area contributed by atoms with Gasteiger partial charge in [-0.15, -0.1) is 0 Å². The molecule has 25 heavy (non-hydrogen) atoms. The highest BCUT2D eigenvalue weighted by atomic mass is 19.1. The molecule has 0 unspecified atom stereocenters. The van der Waals surface area contributed by atoms with Crippen LogP contribution in [0.3, 0.4) is 0 Å². The highest BCUT2D eigenvalue weighted by molar-refractivity contribution is 5.95. The molecule has 6 nitrogen and oxygen atoms in total. The lowest BCUT2D eigenvalue weighted by Gasteiger charge is -2.43. The molecule has 134 valence electrons. The van der Waals surface area contributed by atoms with E-state index in [0.29, 0.717) is 25.9 Å². The average molecular weight is 347 g/mol. The zero-order valence-corrected chi connectivity index (χ0v) is 14.0. The number of carbonyl (C=O) groups is 3. The fraction of sp³-hybridized carbons (Fsp3) is 0.500. The minimum absolute atomic E-state index is 0.0421. The standard InChI is InChI=1S/C18H22FN3O3/c19-14-6-2-1-5-13(14)16(24)20-10-7-15(23)22-12-11-21-17(25)18(22)8-3-4-9-18/h1-2,5-6H,3-4,7-12H2,(H,20,24)(H,21,25). The van der Waals surface area contributed by atoms with Gasteiger partial charge in [-0.3, -0.25) is 14.4 Å². The lowest BCUT2D eigenvalue weighted by molar-refractivity contribution is -0.151. The normalized spacial score (nSPS) is 18.9. The topological polar surface area (TPSA) is 78.5 Å². The molecule has 3 rings (SSSR count). The summed E-state index contributed by atoms with van der Waals surface area (Å²) in [5, 5.41) is 5.43. The first-order valence-electron chi connectivity index (χ1n) is 8.66. The number of nitrogens with zero attached hydrogens (tertiary/aromatic N) is 1. The van der Waals surface area contributed by atoms with E-state index in [9.17, 15) is 18.8 Å². The van der Waals surface area contributed by atoms with Crippen LogP contribution in [-0.4, -0.2) is 47.8 Å². The van der Waals surface area contributed by atoms with Gasteiger partial charge in [0.2, 0.25) is 11.8 Å². The second-order valence-electron chi connectivity index (χ2n) is 6.53. The Balaban J connectivity index is 1.58. The zero-order valence-electron chi connectivity index (χ0n) is 14.0. The molecule has 0 atom stereocenters. The van der Waals surface area contributed by atoms with Crippen LogP contribution in [0.1, 0.15) is 42.5 Å². The van der Waals surface area contributed by atoms with Gasteiger partial charge in [0.25, 0.3) is 5.91 Å². The van der Waals surface area contributed by atoms with Gasteiger partial charge in [0.15, 0.2) is 0 Å². The number of benzene rings is 1. The van der Waals surface area contributed by atoms with E-state index in [-0.39, 0.29) is 30.3 Å². The van der Waals surface area contributed by atoms with Crippen LogP contribution in [0.2, 0.25) is 0 Å². The molecule has 2 aliphatic rings. The van der Waals surface area contributed by atoms with E-state index in [0.717, 1.165) is 12.8 Å². The van der Waals surface area contributed by atoms with Crippen molar-refractivity contribution in [2.24, 2.45) is 0 Å². The summed E-state index contributed by atoms with van der Waals surface area (Å²) < 4.78 is 13.6. The minimum atomic E-state index is -0.717. The second-order valence-corrected chi connectivity index (χ2v) is 6.53. The van der Waals surface area contributed by atoms with Crippen LogP contribution in [-0.2, 0) is 9.59 Å². The first-order chi connectivity index (χ1) is 12.0. The Morgan fingerprint density at radius 2 is 1.96 bits per heavy atom. The van der Waals surface area contributed by atoms with Crippen molar-refractivity contribution < 1.29 is 18.8 Å². The molecular formula is C18H22FN3O3. The van der Waals surface area contributed by atoms with E-state index in [4.69, 9.17) is 0 Å². The monoisotopic (exact) mass is 347 g/mol. The van der Waals surface area contributed by atoms with E-state index in [2.05, 4.69) is 10.6 Å². The Kier molecular flexibility index (Phi) is 5.01. The number of rotatable bonds is 4. The van der Waals surface area contributed by atoms with Gasteiger partial charge in [-0.05, 0) is 25.0 Å². The van der Waals surface area contributed by atoms with Gasteiger partial charge < -0.3 is 15.5 Å². The third-order valence-corrected chi connectivity index (χ3v) is 5.03. The summed E-state index contributed by atoms with van der Waals surface area (Å²) in [5.41, 5.74) is -0.759. The number of piperazine rings is 1. The Bertz CT molecular complexity index is 686. The van der Waals surface area contributed by atoms with Gasteiger partial charge in [-0.25, -0.2) is 4.39 Å². The van der Waals surface area contributed by atoms with Crippen molar-refractivity contribution in [3.8, 4) is 0 Å². The number of hydrogen-bond donors (Lipinski definition) is 2. The first-order valence-corrected chi connectivity index (χ1v) is 8.66. The van der Waals surface area contributed by atoms with Gasteiger partial charge in [0.05, 0.1) is 5.56 Å². The summed E-state index contributed by atoms with van der Waals surface area (Å²) in [6.45, 7) is 1.06. The summed E-state index contributed by atoms with van der Waals surface area (Å²) in [6.07, 6.45) is 3.33. The molecule has 1 spiro atoms. The molecule has 1 saturated heterocycles. The summed E-state index contributed by atoms with van der Waals surface area (Å²) in [4.78, 5) is 38.6. The van der Waals surface area contributed by atoms with Crippen LogP contribution in [0, 0.1) is 5.82 Å². The van der Waals surface area contributed by atoms with Gasteiger partial charge in [0.1, 0.15) is 11.4 Å². The third kappa shape index (κ3) is 3.36. The summed E-state index contributed by atoms with van der Waals surface area (Å²) >= 11 is 0. The number of carbonyl (C=O) groups excluding carboxylic acids is 3. The average Bonchev–Trinajstić information content (AvgIpc) is 3.08. The van der Waals surface area contributed by atoms with Crippen molar-refractivity contribution in [1.29, 1.82) is 0 Å². The molecule has 3 amide bonds. The molecule has 2 N–H and O–H groups in total. The number of nitrogens with one attached hydrogen (secondary N) is 2. The summed E-state index contributed by atoms with van der Waals surface area (Å²) in [7, 11) is 0. The fourth-order valence-electron chi connectivity index (χ4n) is 3.76. The van der Waals surface area contributed by atoms with Crippen LogP contribution in [0.4, 0.5) is 4.39 Å². The van der Waals surface area contributed by atoms with Crippen molar-refractivity contribution >= 4 is 17.7 Å². The van der Waals surface area contributed by atoms with E-state index in [1.807, 2.05) is 0 Å². The lowest BCUT2D eigenvalue weighted by atomic mass is 9.91. The Hall–Kier alpha value is -2.44. The van der Waals surface area contributed by atoms with E-state index in [1.165, 1.54) is 18.2 Å². The maximum atomic E-state index is 13.6. The first kappa shape index (κ1) is 17.4. The molecule has 0 bridgehead atoms. The van der Waals surface area contributed by atoms with Crippen molar-refractivity contribution in [2.75, 3.05) is 19.6 Å². The third-order valence-electron chi connectivity index (χ3n) is 5.03. The van der Waals surface area contributed by atoms with Gasteiger partial charge in [-0.2, -0.15) is 0 Å². The van der Waals surface area contributed by atoms with Gasteiger partial charge in [0, 0.05) is 26.1 Å². The maximum absolute atomic E-state index is 13.6. The van der Waals surface area contributed by atoms with Gasteiger partial charge in [-0.1, -0.05) is 25.0 Å². The second kappa shape index (κ2) is 7.21. The predicted molar refractivity (Wildman–Crippen MR) is 89.3 cm³/mol. The van der Waals surface area contributed by atoms with Crippen LogP contribution < -0.4 is 10.6 Å². The minimum Gasteiger partial charge on any atom is -0.352 e. The molecule has 1 aliphatic heterocycles. The van der Waals surface area contributed by atoms with Crippen molar-refractivity contribution in [3.05, 3.63) is 35.6 Å². The summed E-state index contributed by atoms with van der Waals surface area (Å²) in [6, 6.07) is 5.71. The molecule has 1 aliphatic carbocycles. The Morgan fingerprint density at radius 3 is 2.68 bits per heavy atom. The summed E-state index contributed by atoms with van der Waals surface area (Å²) in [5.74, 6) is -1.35. The zero-order chi connectivity index (χ0) is 17.9. The molecule has 2 fully saturated rings. The Morgan fingerprint density at radius 1 is 1.24 bits per heavy atom. The van der Waals surface area contributed by atoms with Crippen LogP contribution >= 0.6 is 0 Å². The quantitative estimate of drug-likeness (QED) is 0.860. The van der Waals surface area contributed by atoms with Crippen molar-refractivity contribution in [2.45, 2.75) is 37.6 Å². The van der Waals surface area contributed by atoms with Crippen molar-refractivity contribution in [3.63, 3.8) is 0 Å². The van der Waals surface area contributed by atoms with Crippen molar-refractivity contribution in [1.82, 2.24) is 15.5 Å². The Labute approximate surface area is 145 Å². The molecule has 0 radical (unpaired) electrons. The highest BCUT2D eigenvalue weighted by Gasteiger charge is 2.49. The number of hydrogen-bond acceptors (Lipinski definition) is 3. The van der Waals surface area contributed by atoms with Gasteiger partial charge >= 0.3 is 0 Å². The van der Waals surface area contributed by atoms with Crippen LogP contribution in [0.5, 0.6) is 0 Å². The molecule has 1 aromatic rings. The number of amides is 3. The molecular weight excluding hydrogens is 325 g/mol. The molecule has 1 heterocycles. The van der Waals surface area contributed by atoms with E-state index < -0.39 is 17.3 Å². The predicted octanol–water partition coefficient (Wildman–Crippen LogP) is 1.22. The lowest BCUT2D eigenvalue weighted by Crippen LogP contribution is -2.65. The molecule has 7 heteroatoms. The van der Waals surface area contributed by atoms with E-state index >= 15 is 0 Å². The smallest absolute Gasteiger partial charge is 0.254 e. The van der Waals surface area contributed by atoms with Crippen LogP contribution in [0.15, 0.2) is 24.3 Å². The molecule has 1 saturated carbocycles. The van der Waals surface area contributed by atoms with E-state index in [1.54, 1.807) is 11.0 Å². The fourth-order valence-corrected chi connectivity index (χ4v) is 3.76. The number of halogens is 1. The van der Waals surface area contributed by atoms with Crippen LogP contribution in [0.25, 0.3) is 0 Å². The highest BCUT2D eigenvalue weighted by Crippen LogP contribution is 2.37. The maximum Gasteiger partial charge on any atom is 0.254 e. The largest absolute Gasteiger partial charge is 0.352 e. The molecule has 0 aromatic heterocycles.